The second-order valence-corrected chi connectivity index (χ2v) is 9.77. The van der Waals surface area contributed by atoms with Crippen LogP contribution < -0.4 is 9.86 Å². The molecule has 0 radical (unpaired) electrons. The average Bonchev–Trinajstić information content (AvgIpc) is 2.67. The zero-order valence-electron chi connectivity index (χ0n) is 15.9. The molecule has 7 nitrogen and oxygen atoms in total. The maximum absolute atomic E-state index is 12.3. The number of nitrogens with one attached hydrogen (secondary N) is 1. The standard InChI is InChI=1S/C19H27N3O4S2/c1-2-22(16-13-17-7-4-3-5-8-17)15-6-14-21-28(25,26)19-11-9-18(10-12-19)27(20,23)24/h3-5,7-12,21H,2,6,13-16H2,1H3,(H2,20,23,24). The summed E-state index contributed by atoms with van der Waals surface area (Å²) in [6.07, 6.45) is 1.63. The van der Waals surface area contributed by atoms with Crippen molar-refractivity contribution < 1.29 is 16.8 Å². The number of rotatable bonds is 11. The Kier molecular flexibility index (Phi) is 8.14. The first-order chi connectivity index (χ1) is 13.2. The van der Waals surface area contributed by atoms with Gasteiger partial charge in [-0.25, -0.2) is 26.7 Å². The van der Waals surface area contributed by atoms with Crippen molar-refractivity contribution >= 4 is 20.0 Å². The molecular formula is C19H27N3O4S2. The fourth-order valence-electron chi connectivity index (χ4n) is 2.76. The number of nitrogens with two attached hydrogens (primary N) is 1. The summed E-state index contributed by atoms with van der Waals surface area (Å²) in [6.45, 7) is 5.00. The van der Waals surface area contributed by atoms with Crippen LogP contribution in [0.1, 0.15) is 18.9 Å². The van der Waals surface area contributed by atoms with Crippen LogP contribution in [0.4, 0.5) is 0 Å². The van der Waals surface area contributed by atoms with Gasteiger partial charge < -0.3 is 4.90 Å². The molecular weight excluding hydrogens is 398 g/mol. The lowest BCUT2D eigenvalue weighted by Gasteiger charge is -2.20. The number of hydrogen-bond acceptors (Lipinski definition) is 5. The summed E-state index contributed by atoms with van der Waals surface area (Å²) < 4.78 is 49.7. The van der Waals surface area contributed by atoms with Crippen LogP contribution in [-0.2, 0) is 26.5 Å². The Labute approximate surface area is 167 Å². The summed E-state index contributed by atoms with van der Waals surface area (Å²) in [5.74, 6) is 0. The smallest absolute Gasteiger partial charge is 0.240 e. The van der Waals surface area contributed by atoms with Crippen LogP contribution in [0.5, 0.6) is 0 Å². The van der Waals surface area contributed by atoms with Gasteiger partial charge in [0.2, 0.25) is 20.0 Å². The van der Waals surface area contributed by atoms with E-state index < -0.39 is 20.0 Å². The molecule has 9 heteroatoms. The minimum atomic E-state index is -3.84. The predicted octanol–water partition coefficient (Wildman–Crippen LogP) is 1.57. The number of nitrogens with zero attached hydrogens (tertiary/aromatic N) is 1. The normalized spacial score (nSPS) is 12.4. The van der Waals surface area contributed by atoms with Crippen LogP contribution in [0.15, 0.2) is 64.4 Å². The van der Waals surface area contributed by atoms with Gasteiger partial charge in [-0.3, -0.25) is 0 Å². The Morgan fingerprint density at radius 2 is 1.50 bits per heavy atom. The van der Waals surface area contributed by atoms with Crippen LogP contribution in [0.2, 0.25) is 0 Å². The third-order valence-corrected chi connectivity index (χ3v) is 6.82. The molecule has 0 atom stereocenters. The van der Waals surface area contributed by atoms with E-state index in [4.69, 9.17) is 5.14 Å². The predicted molar refractivity (Wildman–Crippen MR) is 110 cm³/mol. The lowest BCUT2D eigenvalue weighted by Crippen LogP contribution is -2.31. The molecule has 0 fully saturated rings. The fourth-order valence-corrected chi connectivity index (χ4v) is 4.35. The summed E-state index contributed by atoms with van der Waals surface area (Å²) in [5.41, 5.74) is 1.28. The fraction of sp³-hybridized carbons (Fsp3) is 0.368. The van der Waals surface area contributed by atoms with Crippen LogP contribution in [-0.4, -0.2) is 47.9 Å². The van der Waals surface area contributed by atoms with E-state index in [1.165, 1.54) is 29.8 Å². The highest BCUT2D eigenvalue weighted by atomic mass is 32.2. The van der Waals surface area contributed by atoms with E-state index in [2.05, 4.69) is 28.7 Å². The molecule has 2 aromatic rings. The van der Waals surface area contributed by atoms with E-state index in [1.54, 1.807) is 0 Å². The van der Waals surface area contributed by atoms with Crippen molar-refractivity contribution in [2.24, 2.45) is 5.14 Å². The van der Waals surface area contributed by atoms with Gasteiger partial charge in [-0.1, -0.05) is 37.3 Å². The van der Waals surface area contributed by atoms with Crippen LogP contribution in [0, 0.1) is 0 Å². The average molecular weight is 426 g/mol. The Morgan fingerprint density at radius 3 is 2.07 bits per heavy atom. The molecule has 0 spiro atoms. The number of hydrogen-bond donors (Lipinski definition) is 2. The summed E-state index contributed by atoms with van der Waals surface area (Å²) >= 11 is 0. The molecule has 0 saturated heterocycles. The van der Waals surface area contributed by atoms with Crippen molar-refractivity contribution in [2.75, 3.05) is 26.2 Å². The van der Waals surface area contributed by atoms with Crippen LogP contribution in [0.3, 0.4) is 0 Å². The lowest BCUT2D eigenvalue weighted by atomic mass is 10.1. The summed E-state index contributed by atoms with van der Waals surface area (Å²) in [6, 6.07) is 15.1. The van der Waals surface area contributed by atoms with Gasteiger partial charge in [0, 0.05) is 13.1 Å². The van der Waals surface area contributed by atoms with Gasteiger partial charge in [0.15, 0.2) is 0 Å². The number of primary sulfonamides is 1. The van der Waals surface area contributed by atoms with Gasteiger partial charge in [0.1, 0.15) is 0 Å². The van der Waals surface area contributed by atoms with Crippen molar-refractivity contribution in [3.8, 4) is 0 Å². The summed E-state index contributed by atoms with van der Waals surface area (Å²) in [5, 5.41) is 5.02. The first-order valence-corrected chi connectivity index (χ1v) is 12.1. The molecule has 154 valence electrons. The SMILES string of the molecule is CCN(CCCNS(=O)(=O)c1ccc(S(N)(=O)=O)cc1)CCc1ccccc1. The zero-order valence-corrected chi connectivity index (χ0v) is 17.5. The van der Waals surface area contributed by atoms with E-state index in [0.717, 1.165) is 26.1 Å². The molecule has 0 heterocycles. The molecule has 0 aliphatic rings. The second-order valence-electron chi connectivity index (χ2n) is 6.44. The van der Waals surface area contributed by atoms with Gasteiger partial charge in [-0.2, -0.15) is 0 Å². The minimum absolute atomic E-state index is 0.0105. The Balaban J connectivity index is 1.80. The summed E-state index contributed by atoms with van der Waals surface area (Å²) in [7, 11) is -7.53. The van der Waals surface area contributed by atoms with Gasteiger partial charge in [-0.05, 0) is 55.8 Å². The van der Waals surface area contributed by atoms with E-state index in [-0.39, 0.29) is 9.79 Å². The van der Waals surface area contributed by atoms with Gasteiger partial charge >= 0.3 is 0 Å². The maximum Gasteiger partial charge on any atom is 0.240 e. The minimum Gasteiger partial charge on any atom is -0.303 e. The first kappa shape index (κ1) is 22.5. The molecule has 0 unspecified atom stereocenters. The highest BCUT2D eigenvalue weighted by Crippen LogP contribution is 2.13. The third kappa shape index (κ3) is 6.99. The molecule has 0 amide bonds. The molecule has 0 aliphatic carbocycles. The molecule has 28 heavy (non-hydrogen) atoms. The van der Waals surface area contributed by atoms with Crippen molar-refractivity contribution in [2.45, 2.75) is 29.6 Å². The molecule has 2 rings (SSSR count). The van der Waals surface area contributed by atoms with E-state index >= 15 is 0 Å². The maximum atomic E-state index is 12.3. The van der Waals surface area contributed by atoms with Gasteiger partial charge in [0.05, 0.1) is 9.79 Å². The third-order valence-electron chi connectivity index (χ3n) is 4.41. The van der Waals surface area contributed by atoms with E-state index in [9.17, 15) is 16.8 Å². The monoisotopic (exact) mass is 425 g/mol. The molecule has 0 bridgehead atoms. The number of sulfonamides is 2. The molecule has 3 N–H and O–H groups in total. The molecule has 0 aromatic heterocycles. The highest BCUT2D eigenvalue weighted by molar-refractivity contribution is 7.89. The van der Waals surface area contributed by atoms with Crippen molar-refractivity contribution in [3.63, 3.8) is 0 Å². The molecule has 0 saturated carbocycles. The van der Waals surface area contributed by atoms with Crippen LogP contribution >= 0.6 is 0 Å². The zero-order chi connectivity index (χ0) is 20.6. The lowest BCUT2D eigenvalue weighted by molar-refractivity contribution is 0.288. The topological polar surface area (TPSA) is 110 Å². The quantitative estimate of drug-likeness (QED) is 0.531. The van der Waals surface area contributed by atoms with Crippen molar-refractivity contribution in [3.05, 3.63) is 60.2 Å². The van der Waals surface area contributed by atoms with E-state index in [0.29, 0.717) is 13.0 Å². The van der Waals surface area contributed by atoms with Gasteiger partial charge in [0.25, 0.3) is 0 Å². The largest absolute Gasteiger partial charge is 0.303 e. The Hall–Kier alpha value is -1.78. The highest BCUT2D eigenvalue weighted by Gasteiger charge is 2.15. The second kappa shape index (κ2) is 10.1. The Morgan fingerprint density at radius 1 is 0.893 bits per heavy atom. The first-order valence-electron chi connectivity index (χ1n) is 9.11. The molecule has 0 aliphatic heterocycles. The summed E-state index contributed by atoms with van der Waals surface area (Å²) in [4.78, 5) is 2.17. The van der Waals surface area contributed by atoms with Crippen molar-refractivity contribution in [1.82, 2.24) is 9.62 Å². The Bertz CT molecular complexity index is 944. The number of likely N-dealkylation sites (N-methyl/N-ethyl adjacent to an activating group) is 1. The number of benzene rings is 2. The van der Waals surface area contributed by atoms with Gasteiger partial charge in [-0.15, -0.1) is 0 Å². The molecule has 2 aromatic carbocycles. The van der Waals surface area contributed by atoms with Crippen molar-refractivity contribution in [1.29, 1.82) is 0 Å². The van der Waals surface area contributed by atoms with E-state index in [1.807, 2.05) is 18.2 Å². The van der Waals surface area contributed by atoms with Crippen LogP contribution in [0.25, 0.3) is 0 Å².